The number of methoxy groups -OCH3 is 1. The number of aliphatic imine (C=N–C) groups is 1. The highest BCUT2D eigenvalue weighted by Crippen LogP contribution is 2.48. The molecule has 0 radical (unpaired) electrons. The van der Waals surface area contributed by atoms with Gasteiger partial charge in [0.25, 0.3) is 0 Å². The molecule has 2 rings (SSSR count). The molecule has 6 heteroatoms. The molecule has 0 spiro atoms. The predicted molar refractivity (Wildman–Crippen MR) is 93.5 cm³/mol. The van der Waals surface area contributed by atoms with Gasteiger partial charge in [0.2, 0.25) is 0 Å². The molecular weight excluding hydrogens is 373 g/mol. The standard InChI is InChI=1S/C13H25N3OS.HI/c1-9-10(13(2,3)11(9)17-4)15-12(14)16-5-7-18-8-6-16;/h9-11H,5-8H2,1-4H3,(H2,14,15);1H. The van der Waals surface area contributed by atoms with E-state index in [1.165, 1.54) is 0 Å². The van der Waals surface area contributed by atoms with Crippen LogP contribution in [0.3, 0.4) is 0 Å². The molecule has 1 heterocycles. The molecule has 112 valence electrons. The second-order valence-electron chi connectivity index (χ2n) is 5.87. The summed E-state index contributed by atoms with van der Waals surface area (Å²) in [5, 5.41) is 0. The van der Waals surface area contributed by atoms with E-state index in [1.807, 2.05) is 11.8 Å². The second kappa shape index (κ2) is 6.85. The fraction of sp³-hybridized carbons (Fsp3) is 0.923. The minimum Gasteiger partial charge on any atom is -0.380 e. The summed E-state index contributed by atoms with van der Waals surface area (Å²) >= 11 is 1.99. The summed E-state index contributed by atoms with van der Waals surface area (Å²) in [6.45, 7) is 8.68. The number of halogens is 1. The normalized spacial score (nSPS) is 34.4. The van der Waals surface area contributed by atoms with Crippen LogP contribution in [0.5, 0.6) is 0 Å². The van der Waals surface area contributed by atoms with Crippen LogP contribution in [0.2, 0.25) is 0 Å². The highest BCUT2D eigenvalue weighted by Gasteiger charge is 2.55. The van der Waals surface area contributed by atoms with E-state index < -0.39 is 0 Å². The number of guanidine groups is 1. The second-order valence-corrected chi connectivity index (χ2v) is 7.09. The smallest absolute Gasteiger partial charge is 0.191 e. The number of hydrogen-bond acceptors (Lipinski definition) is 3. The molecule has 0 aromatic carbocycles. The van der Waals surface area contributed by atoms with Gasteiger partial charge in [-0.2, -0.15) is 11.8 Å². The molecule has 1 aliphatic heterocycles. The molecule has 19 heavy (non-hydrogen) atoms. The Bertz CT molecular complexity index is 332. The Balaban J connectivity index is 0.00000180. The van der Waals surface area contributed by atoms with Gasteiger partial charge in [0.05, 0.1) is 12.1 Å². The van der Waals surface area contributed by atoms with Crippen LogP contribution in [0.15, 0.2) is 4.99 Å². The zero-order chi connectivity index (χ0) is 13.3. The number of hydrogen-bond donors (Lipinski definition) is 1. The minimum absolute atomic E-state index is 0. The van der Waals surface area contributed by atoms with Crippen LogP contribution >= 0.6 is 35.7 Å². The van der Waals surface area contributed by atoms with Crippen LogP contribution in [-0.2, 0) is 4.74 Å². The molecule has 3 atom stereocenters. The summed E-state index contributed by atoms with van der Waals surface area (Å²) in [5.41, 5.74) is 6.24. The molecule has 1 saturated heterocycles. The van der Waals surface area contributed by atoms with E-state index in [9.17, 15) is 0 Å². The molecule has 4 nitrogen and oxygen atoms in total. The lowest BCUT2D eigenvalue weighted by Crippen LogP contribution is -2.61. The van der Waals surface area contributed by atoms with Crippen molar-refractivity contribution in [3.05, 3.63) is 0 Å². The highest BCUT2D eigenvalue weighted by molar-refractivity contribution is 14.0. The fourth-order valence-electron chi connectivity index (χ4n) is 3.39. The number of nitrogens with two attached hydrogens (primary N) is 1. The van der Waals surface area contributed by atoms with Gasteiger partial charge in [-0.1, -0.05) is 20.8 Å². The lowest BCUT2D eigenvalue weighted by atomic mass is 9.58. The average molecular weight is 399 g/mol. The van der Waals surface area contributed by atoms with Crippen molar-refractivity contribution in [3.8, 4) is 0 Å². The van der Waals surface area contributed by atoms with Crippen molar-refractivity contribution in [1.82, 2.24) is 4.90 Å². The highest BCUT2D eigenvalue weighted by atomic mass is 127. The van der Waals surface area contributed by atoms with Gasteiger partial charge in [0, 0.05) is 43.0 Å². The SMILES string of the molecule is COC1C(C)C(N=C(N)N2CCSCC2)C1(C)C.I. The Hall–Kier alpha value is 0.310. The monoisotopic (exact) mass is 399 g/mol. The van der Waals surface area contributed by atoms with Crippen molar-refractivity contribution in [2.24, 2.45) is 22.1 Å². The van der Waals surface area contributed by atoms with Gasteiger partial charge in [0.1, 0.15) is 0 Å². The van der Waals surface area contributed by atoms with Gasteiger partial charge in [-0.05, 0) is 0 Å². The Morgan fingerprint density at radius 3 is 2.42 bits per heavy atom. The van der Waals surface area contributed by atoms with Crippen molar-refractivity contribution < 1.29 is 4.74 Å². The molecule has 3 unspecified atom stereocenters. The number of nitrogens with zero attached hydrogens (tertiary/aromatic N) is 2. The maximum absolute atomic E-state index is 6.15. The summed E-state index contributed by atoms with van der Waals surface area (Å²) in [4.78, 5) is 6.98. The van der Waals surface area contributed by atoms with E-state index in [1.54, 1.807) is 7.11 Å². The Labute approximate surface area is 137 Å². The maximum atomic E-state index is 6.15. The van der Waals surface area contributed by atoms with E-state index in [0.29, 0.717) is 5.92 Å². The summed E-state index contributed by atoms with van der Waals surface area (Å²) < 4.78 is 5.54. The van der Waals surface area contributed by atoms with Crippen molar-refractivity contribution in [2.75, 3.05) is 31.7 Å². The molecule has 0 bridgehead atoms. The quantitative estimate of drug-likeness (QED) is 0.439. The molecule has 0 aromatic rings. The third-order valence-corrected chi connectivity index (χ3v) is 5.27. The summed E-state index contributed by atoms with van der Waals surface area (Å²) in [6, 6.07) is 0.275. The predicted octanol–water partition coefficient (Wildman–Crippen LogP) is 2.03. The minimum atomic E-state index is 0. The lowest BCUT2D eigenvalue weighted by molar-refractivity contribution is -0.132. The molecule has 2 N–H and O–H groups in total. The van der Waals surface area contributed by atoms with Gasteiger partial charge in [-0.3, -0.25) is 0 Å². The van der Waals surface area contributed by atoms with Gasteiger partial charge in [-0.15, -0.1) is 24.0 Å². The Kier molecular flexibility index (Phi) is 6.26. The van der Waals surface area contributed by atoms with Crippen LogP contribution in [-0.4, -0.2) is 54.7 Å². The molecule has 2 fully saturated rings. The van der Waals surface area contributed by atoms with Gasteiger partial charge in [0.15, 0.2) is 5.96 Å². The van der Waals surface area contributed by atoms with E-state index in [2.05, 4.69) is 25.7 Å². The number of thioether (sulfide) groups is 1. The van der Waals surface area contributed by atoms with Crippen LogP contribution < -0.4 is 5.73 Å². The molecule has 1 aliphatic carbocycles. The van der Waals surface area contributed by atoms with E-state index in [0.717, 1.165) is 30.6 Å². The maximum Gasteiger partial charge on any atom is 0.191 e. The van der Waals surface area contributed by atoms with Crippen molar-refractivity contribution in [1.29, 1.82) is 0 Å². The van der Waals surface area contributed by atoms with Gasteiger partial charge < -0.3 is 15.4 Å². The van der Waals surface area contributed by atoms with Gasteiger partial charge >= 0.3 is 0 Å². The first-order valence-electron chi connectivity index (χ1n) is 6.67. The number of rotatable bonds is 2. The van der Waals surface area contributed by atoms with Crippen LogP contribution in [0.1, 0.15) is 20.8 Å². The van der Waals surface area contributed by atoms with Crippen LogP contribution in [0, 0.1) is 11.3 Å². The largest absolute Gasteiger partial charge is 0.380 e. The average Bonchev–Trinajstić information content (AvgIpc) is 2.37. The molecule has 2 aliphatic rings. The molecule has 1 saturated carbocycles. The summed E-state index contributed by atoms with van der Waals surface area (Å²) in [6.07, 6.45) is 0.288. The van der Waals surface area contributed by atoms with E-state index in [-0.39, 0.29) is 41.5 Å². The fourth-order valence-corrected chi connectivity index (χ4v) is 4.29. The van der Waals surface area contributed by atoms with E-state index >= 15 is 0 Å². The van der Waals surface area contributed by atoms with Crippen LogP contribution in [0.4, 0.5) is 0 Å². The topological polar surface area (TPSA) is 50.9 Å². The van der Waals surface area contributed by atoms with Crippen LogP contribution in [0.25, 0.3) is 0 Å². The number of ether oxygens (including phenoxy) is 1. The first kappa shape index (κ1) is 17.4. The zero-order valence-electron chi connectivity index (χ0n) is 12.3. The van der Waals surface area contributed by atoms with E-state index in [4.69, 9.17) is 15.5 Å². The van der Waals surface area contributed by atoms with Crippen molar-refractivity contribution in [3.63, 3.8) is 0 Å². The molecule has 0 amide bonds. The van der Waals surface area contributed by atoms with Gasteiger partial charge in [-0.25, -0.2) is 4.99 Å². The molecule has 0 aromatic heterocycles. The lowest BCUT2D eigenvalue weighted by Gasteiger charge is -2.54. The first-order chi connectivity index (χ1) is 8.48. The Morgan fingerprint density at radius 1 is 1.37 bits per heavy atom. The first-order valence-corrected chi connectivity index (χ1v) is 7.82. The van der Waals surface area contributed by atoms with Crippen molar-refractivity contribution >= 4 is 41.7 Å². The molecular formula is C13H26IN3OS. The summed E-state index contributed by atoms with van der Waals surface area (Å²) in [5.74, 6) is 3.47. The van der Waals surface area contributed by atoms with Crippen molar-refractivity contribution in [2.45, 2.75) is 32.9 Å². The third-order valence-electron chi connectivity index (χ3n) is 4.33. The summed E-state index contributed by atoms with van der Waals surface area (Å²) in [7, 11) is 1.79. The Morgan fingerprint density at radius 2 is 1.95 bits per heavy atom. The third kappa shape index (κ3) is 3.32. The zero-order valence-corrected chi connectivity index (χ0v) is 15.4.